The first-order chi connectivity index (χ1) is 18.0. The van der Waals surface area contributed by atoms with Gasteiger partial charge in [-0.3, -0.25) is 4.79 Å². The summed E-state index contributed by atoms with van der Waals surface area (Å²) in [5.74, 6) is -1.23. The lowest BCUT2D eigenvalue weighted by Crippen LogP contribution is -2.62. The molecule has 0 aromatic carbocycles. The fourth-order valence-corrected chi connectivity index (χ4v) is 6.22. The van der Waals surface area contributed by atoms with Crippen LogP contribution in [0.2, 0.25) is 0 Å². The summed E-state index contributed by atoms with van der Waals surface area (Å²) in [6, 6.07) is -1.05. The van der Waals surface area contributed by atoms with Crippen molar-refractivity contribution in [2.45, 2.75) is 98.6 Å². The van der Waals surface area contributed by atoms with Gasteiger partial charge in [-0.05, 0) is 83.8 Å². The quantitative estimate of drug-likeness (QED) is 0.101. The maximum atomic E-state index is 13.2. The highest BCUT2D eigenvalue weighted by molar-refractivity contribution is 7.99. The minimum atomic E-state index is -4.17. The minimum absolute atomic E-state index is 0.196. The van der Waals surface area contributed by atoms with E-state index in [9.17, 15) is 28.2 Å². The molecular weight excluding hydrogens is 549 g/mol. The van der Waals surface area contributed by atoms with Crippen LogP contribution in [0.5, 0.6) is 0 Å². The molecule has 3 aliphatic heterocycles. The number of halogens is 4. The van der Waals surface area contributed by atoms with Crippen molar-refractivity contribution in [1.29, 1.82) is 0 Å². The van der Waals surface area contributed by atoms with Gasteiger partial charge in [0.2, 0.25) is 11.7 Å². The number of carbonyl (C=O) groups is 1. The van der Waals surface area contributed by atoms with Crippen molar-refractivity contribution in [3.8, 4) is 0 Å². The summed E-state index contributed by atoms with van der Waals surface area (Å²) in [6.07, 6.45) is 0.0325. The molecule has 9 atom stereocenters. The Morgan fingerprint density at radius 3 is 2.61 bits per heavy atom. The monoisotopic (exact) mass is 590 g/mol. The van der Waals surface area contributed by atoms with Crippen molar-refractivity contribution in [3.63, 3.8) is 0 Å². The maximum absolute atomic E-state index is 13.2. The van der Waals surface area contributed by atoms with E-state index in [2.05, 4.69) is 21.3 Å². The van der Waals surface area contributed by atoms with Crippen LogP contribution in [0.3, 0.4) is 0 Å². The SMILES string of the molecule is CSC1O[C@H]([C@H](NC(=O)[C@@H]2CC[C@H](CCCNCCCNCC(F)(F)F)CCN2)[C@H](C)Cl)C(O)C2O[C@]12O. The molecule has 0 aromatic heterocycles. The molecule has 1 amide bonds. The Balaban J connectivity index is 1.36. The Morgan fingerprint density at radius 1 is 1.21 bits per heavy atom. The zero-order chi connectivity index (χ0) is 27.9. The predicted octanol–water partition coefficient (Wildman–Crippen LogP) is 1.30. The van der Waals surface area contributed by atoms with Gasteiger partial charge in [0, 0.05) is 0 Å². The molecule has 6 N–H and O–H groups in total. The summed E-state index contributed by atoms with van der Waals surface area (Å²) in [7, 11) is 0. The van der Waals surface area contributed by atoms with E-state index >= 15 is 0 Å². The molecule has 3 fully saturated rings. The van der Waals surface area contributed by atoms with Crippen LogP contribution in [-0.2, 0) is 14.3 Å². The normalized spacial score (nSPS) is 35.2. The number of alkyl halides is 4. The molecule has 9 nitrogen and oxygen atoms in total. The maximum Gasteiger partial charge on any atom is 0.401 e. The number of epoxide rings is 1. The number of rotatable bonds is 14. The number of fused-ring (bicyclic) bond motifs is 1. The minimum Gasteiger partial charge on any atom is -0.387 e. The first-order valence-corrected chi connectivity index (χ1v) is 15.1. The predicted molar refractivity (Wildman–Crippen MR) is 140 cm³/mol. The van der Waals surface area contributed by atoms with Crippen LogP contribution >= 0.6 is 23.4 Å². The van der Waals surface area contributed by atoms with Gasteiger partial charge in [-0.15, -0.1) is 23.4 Å². The smallest absolute Gasteiger partial charge is 0.387 e. The van der Waals surface area contributed by atoms with Crippen molar-refractivity contribution < 1.29 is 37.7 Å². The summed E-state index contributed by atoms with van der Waals surface area (Å²) in [5.41, 5.74) is -0.687. The third kappa shape index (κ3) is 9.07. The van der Waals surface area contributed by atoms with E-state index in [1.807, 2.05) is 0 Å². The van der Waals surface area contributed by atoms with E-state index < -0.39 is 53.7 Å². The Bertz CT molecular complexity index is 758. The Kier molecular flexibility index (Phi) is 12.3. The van der Waals surface area contributed by atoms with E-state index in [0.29, 0.717) is 38.4 Å². The van der Waals surface area contributed by atoms with Gasteiger partial charge in [0.15, 0.2) is 5.44 Å². The van der Waals surface area contributed by atoms with E-state index in [1.165, 1.54) is 11.8 Å². The third-order valence-electron chi connectivity index (χ3n) is 7.43. The number of hydrogen-bond acceptors (Lipinski definition) is 9. The van der Waals surface area contributed by atoms with Crippen LogP contribution in [0.15, 0.2) is 0 Å². The Morgan fingerprint density at radius 2 is 1.92 bits per heavy atom. The number of aliphatic hydroxyl groups is 2. The van der Waals surface area contributed by atoms with E-state index in [-0.39, 0.29) is 11.9 Å². The first-order valence-electron chi connectivity index (χ1n) is 13.4. The molecule has 0 spiro atoms. The fourth-order valence-electron chi connectivity index (χ4n) is 5.24. The zero-order valence-corrected chi connectivity index (χ0v) is 23.5. The highest BCUT2D eigenvalue weighted by Crippen LogP contribution is 2.50. The molecular formula is C24H42ClF3N4O5S. The molecule has 0 bridgehead atoms. The number of carbonyl (C=O) groups excluding carboxylic acids is 1. The molecule has 0 aromatic rings. The van der Waals surface area contributed by atoms with E-state index in [1.54, 1.807) is 13.2 Å². The molecule has 3 aliphatic rings. The number of thioether (sulfide) groups is 1. The number of amides is 1. The van der Waals surface area contributed by atoms with Crippen molar-refractivity contribution >= 4 is 29.3 Å². The van der Waals surface area contributed by atoms with Crippen LogP contribution in [-0.4, -0.2) is 108 Å². The van der Waals surface area contributed by atoms with Crippen molar-refractivity contribution in [3.05, 3.63) is 0 Å². The average molecular weight is 591 g/mol. The highest BCUT2D eigenvalue weighted by atomic mass is 35.5. The van der Waals surface area contributed by atoms with Crippen LogP contribution in [0.1, 0.15) is 45.4 Å². The van der Waals surface area contributed by atoms with Crippen molar-refractivity contribution in [2.75, 3.05) is 39.0 Å². The van der Waals surface area contributed by atoms with Gasteiger partial charge in [-0.25, -0.2) is 0 Å². The molecule has 0 saturated carbocycles. The van der Waals surface area contributed by atoms with Gasteiger partial charge in [0.05, 0.1) is 24.0 Å². The standard InChI is InChI=1S/C24H42ClF3N4O5S/c1-14(25)17(19-18(33)20-24(35,37-20)22(36-19)38-2)32-21(34)16-7-6-15(8-12-31-16)5-3-9-29-10-4-11-30-13-23(26,27)28/h14-20,22,29-31,33,35H,3-13H2,1-2H3,(H,32,34)/t14-,15-,16-,17+,18?,19+,20?,22?,24-/m0/s1. The zero-order valence-electron chi connectivity index (χ0n) is 21.9. The Hall–Kier alpha value is -0.380. The first kappa shape index (κ1) is 32.1. The van der Waals surface area contributed by atoms with Crippen LogP contribution in [0, 0.1) is 5.92 Å². The second-order valence-electron chi connectivity index (χ2n) is 10.4. The third-order valence-corrected chi connectivity index (χ3v) is 8.57. The van der Waals surface area contributed by atoms with E-state index in [4.69, 9.17) is 21.1 Å². The van der Waals surface area contributed by atoms with E-state index in [0.717, 1.165) is 32.2 Å². The molecule has 0 radical (unpaired) electrons. The number of nitrogens with one attached hydrogen (secondary N) is 4. The molecule has 14 heteroatoms. The Labute approximate surface area is 231 Å². The molecule has 3 unspecified atom stereocenters. The van der Waals surface area contributed by atoms with Gasteiger partial charge in [-0.1, -0.05) is 0 Å². The summed E-state index contributed by atoms with van der Waals surface area (Å²) >= 11 is 7.69. The lowest BCUT2D eigenvalue weighted by Gasteiger charge is -2.39. The summed E-state index contributed by atoms with van der Waals surface area (Å²) in [6.45, 7) is 3.29. The number of hydrogen-bond donors (Lipinski definition) is 6. The molecule has 3 rings (SSSR count). The number of ether oxygens (including phenoxy) is 2. The molecule has 3 saturated heterocycles. The molecule has 0 aliphatic carbocycles. The van der Waals surface area contributed by atoms with Gasteiger partial charge in [-0.2, -0.15) is 13.2 Å². The second-order valence-corrected chi connectivity index (χ2v) is 12.0. The lowest BCUT2D eigenvalue weighted by atomic mass is 9.93. The number of aliphatic hydroxyl groups excluding tert-OH is 1. The average Bonchev–Trinajstić information content (AvgIpc) is 3.60. The topological polar surface area (TPSA) is 127 Å². The van der Waals surface area contributed by atoms with Crippen LogP contribution < -0.4 is 21.3 Å². The second kappa shape index (κ2) is 14.5. The van der Waals surface area contributed by atoms with Gasteiger partial charge < -0.3 is 41.0 Å². The summed E-state index contributed by atoms with van der Waals surface area (Å²) < 4.78 is 47.5. The molecule has 38 heavy (non-hydrogen) atoms. The van der Waals surface area contributed by atoms with Crippen molar-refractivity contribution in [1.82, 2.24) is 21.3 Å². The molecule has 3 heterocycles. The lowest BCUT2D eigenvalue weighted by molar-refractivity contribution is -0.150. The van der Waals surface area contributed by atoms with Gasteiger partial charge in [0.25, 0.3) is 0 Å². The fraction of sp³-hybridized carbons (Fsp3) is 0.958. The van der Waals surface area contributed by atoms with Gasteiger partial charge in [0.1, 0.15) is 18.3 Å². The largest absolute Gasteiger partial charge is 0.401 e. The van der Waals surface area contributed by atoms with Crippen molar-refractivity contribution in [2.24, 2.45) is 5.92 Å². The van der Waals surface area contributed by atoms with Crippen LogP contribution in [0.4, 0.5) is 13.2 Å². The van der Waals surface area contributed by atoms with Gasteiger partial charge >= 0.3 is 6.18 Å². The molecule has 222 valence electrons. The van der Waals surface area contributed by atoms with Crippen LogP contribution in [0.25, 0.3) is 0 Å². The summed E-state index contributed by atoms with van der Waals surface area (Å²) in [4.78, 5) is 13.2. The highest BCUT2D eigenvalue weighted by Gasteiger charge is 2.70. The summed E-state index contributed by atoms with van der Waals surface area (Å²) in [5, 5.41) is 32.5.